The number of ether oxygens (including phenoxy) is 1. The van der Waals surface area contributed by atoms with Crippen LogP contribution in [-0.4, -0.2) is 36.1 Å². The van der Waals surface area contributed by atoms with Gasteiger partial charge in [-0.2, -0.15) is 0 Å². The molecule has 5 nitrogen and oxygen atoms in total. The van der Waals surface area contributed by atoms with Crippen LogP contribution in [0, 0.1) is 17.2 Å². The van der Waals surface area contributed by atoms with Crippen LogP contribution in [-0.2, 0) is 14.3 Å². The Labute approximate surface area is 159 Å². The van der Waals surface area contributed by atoms with Crippen LogP contribution in [0.5, 0.6) is 0 Å². The van der Waals surface area contributed by atoms with E-state index in [1.54, 1.807) is 13.2 Å². The summed E-state index contributed by atoms with van der Waals surface area (Å²) in [5, 5.41) is 8.52. The highest BCUT2D eigenvalue weighted by atomic mass is 35.5. The molecule has 25 heavy (non-hydrogen) atoms. The molecule has 2 rings (SSSR count). The van der Waals surface area contributed by atoms with Crippen molar-refractivity contribution in [2.45, 2.75) is 24.7 Å². The van der Waals surface area contributed by atoms with Gasteiger partial charge >= 0.3 is 5.97 Å². The number of thioether (sulfide) groups is 1. The van der Waals surface area contributed by atoms with Gasteiger partial charge in [-0.15, -0.1) is 11.8 Å². The number of benzene rings is 1. The van der Waals surface area contributed by atoms with Crippen LogP contribution in [0.15, 0.2) is 17.0 Å². The molecule has 1 aromatic rings. The van der Waals surface area contributed by atoms with Gasteiger partial charge in [0.15, 0.2) is 11.6 Å². The lowest BCUT2D eigenvalue weighted by atomic mass is 9.87. The van der Waals surface area contributed by atoms with E-state index in [1.807, 2.05) is 0 Å². The van der Waals surface area contributed by atoms with Gasteiger partial charge in [0.25, 0.3) is 0 Å². The number of Topliss-reactive ketones (excluding diaryl/α,β-unsaturated/α-hetero) is 2. The molecular weight excluding hydrogens is 385 g/mol. The molecule has 8 heteroatoms. The predicted molar refractivity (Wildman–Crippen MR) is 98.2 cm³/mol. The molecule has 0 bridgehead atoms. The van der Waals surface area contributed by atoms with Crippen molar-refractivity contribution in [3.05, 3.63) is 27.7 Å². The normalized spacial score (nSPS) is 14.7. The van der Waals surface area contributed by atoms with Crippen molar-refractivity contribution in [2.75, 3.05) is 12.9 Å². The maximum atomic E-state index is 13.0. The standard InChI is InChI=1S/C17H17Cl2NO4S/c1-3-24-17(23)13(20)11(14(21)8-4-5-8)15(22)9-6-7-10(18)12(19)16(9)25-2/h6-8,11,20H,3-5H2,1-2H3. The fraction of sp³-hybridized carbons (Fsp3) is 0.412. The van der Waals surface area contributed by atoms with E-state index in [0.717, 1.165) is 0 Å². The van der Waals surface area contributed by atoms with Gasteiger partial charge in [0.05, 0.1) is 16.7 Å². The molecule has 1 aliphatic carbocycles. The second kappa shape index (κ2) is 8.34. The van der Waals surface area contributed by atoms with E-state index in [9.17, 15) is 14.4 Å². The van der Waals surface area contributed by atoms with Crippen molar-refractivity contribution in [2.24, 2.45) is 11.8 Å². The van der Waals surface area contributed by atoms with E-state index in [-0.39, 0.29) is 28.1 Å². The summed E-state index contributed by atoms with van der Waals surface area (Å²) in [5.41, 5.74) is -0.461. The van der Waals surface area contributed by atoms with Gasteiger partial charge in [-0.3, -0.25) is 15.0 Å². The molecule has 0 saturated heterocycles. The van der Waals surface area contributed by atoms with Gasteiger partial charge < -0.3 is 4.74 Å². The molecule has 134 valence electrons. The Morgan fingerprint density at radius 3 is 2.48 bits per heavy atom. The average Bonchev–Trinajstić information content (AvgIpc) is 3.42. The number of carbonyl (C=O) groups excluding carboxylic acids is 3. The summed E-state index contributed by atoms with van der Waals surface area (Å²) in [5.74, 6) is -3.77. The summed E-state index contributed by atoms with van der Waals surface area (Å²) in [6.07, 6.45) is 3.05. The largest absolute Gasteiger partial charge is 0.461 e. The summed E-state index contributed by atoms with van der Waals surface area (Å²) < 4.78 is 4.80. The molecule has 0 aromatic heterocycles. The molecule has 1 N–H and O–H groups in total. The second-order valence-corrected chi connectivity index (χ2v) is 7.15. The number of ketones is 2. The summed E-state index contributed by atoms with van der Waals surface area (Å²) in [6, 6.07) is 2.93. The van der Waals surface area contributed by atoms with Gasteiger partial charge in [0.1, 0.15) is 11.6 Å². The lowest BCUT2D eigenvalue weighted by molar-refractivity contribution is -0.136. The Morgan fingerprint density at radius 2 is 1.96 bits per heavy atom. The number of halogens is 2. The molecule has 1 unspecified atom stereocenters. The topological polar surface area (TPSA) is 84.3 Å². The minimum absolute atomic E-state index is 0.0581. The zero-order chi connectivity index (χ0) is 18.7. The SMILES string of the molecule is CCOC(=O)C(=N)C(C(=O)c1ccc(Cl)c(Cl)c1SC)C(=O)C1CC1. The first-order chi connectivity index (χ1) is 11.8. The zero-order valence-electron chi connectivity index (χ0n) is 13.7. The first kappa shape index (κ1) is 19.9. The number of nitrogens with one attached hydrogen (secondary N) is 1. The Morgan fingerprint density at radius 1 is 1.32 bits per heavy atom. The number of carbonyl (C=O) groups is 3. The maximum Gasteiger partial charge on any atom is 0.353 e. The molecule has 0 spiro atoms. The second-order valence-electron chi connectivity index (χ2n) is 5.55. The fourth-order valence-electron chi connectivity index (χ4n) is 2.41. The summed E-state index contributed by atoms with van der Waals surface area (Å²) in [6.45, 7) is 1.65. The van der Waals surface area contributed by atoms with Crippen LogP contribution in [0.4, 0.5) is 0 Å². The Balaban J connectivity index is 2.45. The van der Waals surface area contributed by atoms with Crippen LogP contribution in [0.25, 0.3) is 0 Å². The molecular formula is C17H17Cl2NO4S. The summed E-state index contributed by atoms with van der Waals surface area (Å²) >= 11 is 13.4. The van der Waals surface area contributed by atoms with Gasteiger partial charge in [-0.1, -0.05) is 23.2 Å². The minimum Gasteiger partial charge on any atom is -0.461 e. The lowest BCUT2D eigenvalue weighted by Crippen LogP contribution is -2.38. The highest BCUT2D eigenvalue weighted by molar-refractivity contribution is 7.98. The molecule has 0 radical (unpaired) electrons. The lowest BCUT2D eigenvalue weighted by Gasteiger charge is -2.17. The van der Waals surface area contributed by atoms with Crippen molar-refractivity contribution in [3.63, 3.8) is 0 Å². The zero-order valence-corrected chi connectivity index (χ0v) is 16.1. The molecule has 0 heterocycles. The summed E-state index contributed by atoms with van der Waals surface area (Å²) in [7, 11) is 0. The van der Waals surface area contributed by atoms with E-state index in [2.05, 4.69) is 0 Å². The maximum absolute atomic E-state index is 13.0. The summed E-state index contributed by atoms with van der Waals surface area (Å²) in [4.78, 5) is 38.0. The molecule has 0 aliphatic heterocycles. The third-order valence-electron chi connectivity index (χ3n) is 3.83. The van der Waals surface area contributed by atoms with Crippen molar-refractivity contribution < 1.29 is 19.1 Å². The van der Waals surface area contributed by atoms with Crippen molar-refractivity contribution in [1.29, 1.82) is 5.41 Å². The molecule has 0 amide bonds. The molecule has 1 atom stereocenters. The molecule has 1 saturated carbocycles. The minimum atomic E-state index is -1.48. The van der Waals surface area contributed by atoms with E-state index in [4.69, 9.17) is 33.3 Å². The number of esters is 1. The van der Waals surface area contributed by atoms with Crippen molar-refractivity contribution in [3.8, 4) is 0 Å². The Bertz CT molecular complexity index is 746. The van der Waals surface area contributed by atoms with E-state index in [1.165, 1.54) is 23.9 Å². The van der Waals surface area contributed by atoms with Crippen LogP contribution in [0.2, 0.25) is 10.0 Å². The highest BCUT2D eigenvalue weighted by Crippen LogP contribution is 2.38. The molecule has 1 fully saturated rings. The van der Waals surface area contributed by atoms with Crippen LogP contribution >= 0.6 is 35.0 Å². The van der Waals surface area contributed by atoms with E-state index >= 15 is 0 Å². The third-order valence-corrected chi connectivity index (χ3v) is 5.58. The molecule has 1 aromatic carbocycles. The van der Waals surface area contributed by atoms with Crippen molar-refractivity contribution in [1.82, 2.24) is 0 Å². The fourth-order valence-corrected chi connectivity index (χ4v) is 3.70. The van der Waals surface area contributed by atoms with Gasteiger partial charge in [-0.25, -0.2) is 4.79 Å². The molecule has 1 aliphatic rings. The third kappa shape index (κ3) is 4.25. The monoisotopic (exact) mass is 401 g/mol. The van der Waals surface area contributed by atoms with Crippen molar-refractivity contribution >= 4 is 58.2 Å². The van der Waals surface area contributed by atoms with Crippen LogP contribution in [0.1, 0.15) is 30.1 Å². The Kier molecular flexibility index (Phi) is 6.65. The predicted octanol–water partition coefficient (Wildman–Crippen LogP) is 4.08. The van der Waals surface area contributed by atoms with E-state index in [0.29, 0.717) is 17.7 Å². The van der Waals surface area contributed by atoms with Crippen LogP contribution in [0.3, 0.4) is 0 Å². The van der Waals surface area contributed by atoms with Gasteiger partial charge in [0.2, 0.25) is 0 Å². The quantitative estimate of drug-likeness (QED) is 0.233. The van der Waals surface area contributed by atoms with E-state index < -0.39 is 29.2 Å². The average molecular weight is 402 g/mol. The van der Waals surface area contributed by atoms with Gasteiger partial charge in [-0.05, 0) is 38.2 Å². The van der Waals surface area contributed by atoms with Crippen LogP contribution < -0.4 is 0 Å². The Hall–Kier alpha value is -1.37. The number of hydrogen-bond acceptors (Lipinski definition) is 6. The van der Waals surface area contributed by atoms with Gasteiger partial charge in [0, 0.05) is 16.4 Å². The highest BCUT2D eigenvalue weighted by Gasteiger charge is 2.43. The first-order valence-corrected chi connectivity index (χ1v) is 9.67. The first-order valence-electron chi connectivity index (χ1n) is 7.68. The number of hydrogen-bond donors (Lipinski definition) is 1. The smallest absolute Gasteiger partial charge is 0.353 e. The number of rotatable bonds is 8.